The molecule has 0 bridgehead atoms. The molecule has 12 heavy (non-hydrogen) atoms. The molecule has 0 atom stereocenters. The van der Waals surface area contributed by atoms with Gasteiger partial charge in [-0.05, 0) is 0 Å². The van der Waals surface area contributed by atoms with E-state index in [1.807, 2.05) is 0 Å². The molecule has 1 heterocycles. The molecule has 6 heteroatoms. The third kappa shape index (κ3) is 2.12. The lowest BCUT2D eigenvalue weighted by Gasteiger charge is -2.02. The predicted octanol–water partition coefficient (Wildman–Crippen LogP) is 1.04. The van der Waals surface area contributed by atoms with Gasteiger partial charge >= 0.3 is 0 Å². The standard InChI is InChI=1S/C6H6Cl2N2O2/c7-1-2-12-4-3-9-10-6(11)5(4)8/h3H,1-2H2,(H,10,11). The topological polar surface area (TPSA) is 55.0 Å². The second-order valence-corrected chi connectivity index (χ2v) is 2.67. The Bertz CT molecular complexity index is 313. The van der Waals surface area contributed by atoms with Crippen molar-refractivity contribution in [2.75, 3.05) is 12.5 Å². The average molecular weight is 209 g/mol. The average Bonchev–Trinajstić information content (AvgIpc) is 2.08. The van der Waals surface area contributed by atoms with Crippen LogP contribution in [0.5, 0.6) is 5.75 Å². The lowest BCUT2D eigenvalue weighted by atomic mass is 10.5. The summed E-state index contributed by atoms with van der Waals surface area (Å²) >= 11 is 10.9. The monoisotopic (exact) mass is 208 g/mol. The highest BCUT2D eigenvalue weighted by Crippen LogP contribution is 2.16. The molecule has 0 aromatic carbocycles. The van der Waals surface area contributed by atoms with Gasteiger partial charge in [-0.15, -0.1) is 11.6 Å². The van der Waals surface area contributed by atoms with Crippen molar-refractivity contribution in [3.63, 3.8) is 0 Å². The van der Waals surface area contributed by atoms with Crippen LogP contribution in [-0.4, -0.2) is 22.7 Å². The maximum absolute atomic E-state index is 10.8. The number of rotatable bonds is 3. The third-order valence-corrected chi connectivity index (χ3v) is 1.61. The minimum absolute atomic E-state index is 0.00452. The molecule has 0 saturated carbocycles. The molecule has 1 aromatic heterocycles. The van der Waals surface area contributed by atoms with Crippen molar-refractivity contribution in [2.45, 2.75) is 0 Å². The van der Waals surface area contributed by atoms with Gasteiger partial charge in [0.25, 0.3) is 5.56 Å². The summed E-state index contributed by atoms with van der Waals surface area (Å²) in [6.45, 7) is 0.298. The summed E-state index contributed by atoms with van der Waals surface area (Å²) < 4.78 is 5.02. The summed E-state index contributed by atoms with van der Waals surface area (Å²) in [6, 6.07) is 0. The van der Waals surface area contributed by atoms with Gasteiger partial charge in [0.05, 0.1) is 12.1 Å². The first kappa shape index (κ1) is 9.35. The number of halogens is 2. The third-order valence-electron chi connectivity index (χ3n) is 1.10. The Morgan fingerprint density at radius 2 is 2.42 bits per heavy atom. The van der Waals surface area contributed by atoms with Gasteiger partial charge in [-0.2, -0.15) is 5.10 Å². The van der Waals surface area contributed by atoms with Gasteiger partial charge in [0.2, 0.25) is 0 Å². The Morgan fingerprint density at radius 3 is 3.08 bits per heavy atom. The first-order chi connectivity index (χ1) is 5.75. The largest absolute Gasteiger partial charge is 0.489 e. The molecule has 0 saturated heterocycles. The molecule has 0 aliphatic carbocycles. The van der Waals surface area contributed by atoms with Gasteiger partial charge in [0.15, 0.2) is 10.8 Å². The highest BCUT2D eigenvalue weighted by molar-refractivity contribution is 6.31. The second-order valence-electron chi connectivity index (χ2n) is 1.91. The molecule has 66 valence electrons. The number of H-pyrrole nitrogens is 1. The zero-order chi connectivity index (χ0) is 8.97. The molecule has 0 spiro atoms. The zero-order valence-electron chi connectivity index (χ0n) is 6.01. The summed E-state index contributed by atoms with van der Waals surface area (Å²) in [5.74, 6) is 0.587. The number of alkyl halides is 1. The molecular weight excluding hydrogens is 203 g/mol. The van der Waals surface area contributed by atoms with Crippen LogP contribution in [0.25, 0.3) is 0 Å². The van der Waals surface area contributed by atoms with Crippen LogP contribution in [-0.2, 0) is 0 Å². The van der Waals surface area contributed by atoms with E-state index in [1.54, 1.807) is 0 Å². The van der Waals surface area contributed by atoms with Crippen LogP contribution in [0.4, 0.5) is 0 Å². The summed E-state index contributed by atoms with van der Waals surface area (Å²) in [5.41, 5.74) is -0.469. The van der Waals surface area contributed by atoms with Crippen molar-refractivity contribution in [1.29, 1.82) is 0 Å². The summed E-state index contributed by atoms with van der Waals surface area (Å²) in [7, 11) is 0. The van der Waals surface area contributed by atoms with Gasteiger partial charge in [0, 0.05) is 0 Å². The lowest BCUT2D eigenvalue weighted by molar-refractivity contribution is 0.340. The molecule has 0 aliphatic rings. The molecular formula is C6H6Cl2N2O2. The number of nitrogens with one attached hydrogen (secondary N) is 1. The smallest absolute Gasteiger partial charge is 0.286 e. The quantitative estimate of drug-likeness (QED) is 0.756. The maximum Gasteiger partial charge on any atom is 0.286 e. The molecule has 0 unspecified atom stereocenters. The Kier molecular flexibility index (Phi) is 3.37. The molecule has 0 aliphatic heterocycles. The fourth-order valence-corrected chi connectivity index (χ4v) is 0.839. The van der Waals surface area contributed by atoms with Crippen LogP contribution < -0.4 is 10.3 Å². The number of ether oxygens (including phenoxy) is 1. The lowest BCUT2D eigenvalue weighted by Crippen LogP contribution is -2.10. The second kappa shape index (κ2) is 4.33. The van der Waals surface area contributed by atoms with Crippen LogP contribution in [0, 0.1) is 0 Å². The van der Waals surface area contributed by atoms with E-state index < -0.39 is 5.56 Å². The number of aromatic nitrogens is 2. The molecule has 0 radical (unpaired) electrons. The maximum atomic E-state index is 10.8. The van der Waals surface area contributed by atoms with E-state index in [0.717, 1.165) is 0 Å². The number of aromatic amines is 1. The van der Waals surface area contributed by atoms with E-state index in [-0.39, 0.29) is 10.8 Å². The highest BCUT2D eigenvalue weighted by Gasteiger charge is 2.04. The molecule has 0 fully saturated rings. The van der Waals surface area contributed by atoms with Crippen molar-refractivity contribution in [3.8, 4) is 5.75 Å². The Balaban J connectivity index is 2.85. The van der Waals surface area contributed by atoms with E-state index >= 15 is 0 Å². The molecule has 1 aromatic rings. The fourth-order valence-electron chi connectivity index (χ4n) is 0.616. The van der Waals surface area contributed by atoms with E-state index in [9.17, 15) is 4.79 Å². The van der Waals surface area contributed by atoms with Crippen LogP contribution in [0.2, 0.25) is 5.02 Å². The summed E-state index contributed by atoms with van der Waals surface area (Å²) in [6.07, 6.45) is 1.33. The highest BCUT2D eigenvalue weighted by atomic mass is 35.5. The van der Waals surface area contributed by atoms with Gasteiger partial charge in [-0.1, -0.05) is 11.6 Å². The van der Waals surface area contributed by atoms with Crippen LogP contribution in [0.15, 0.2) is 11.0 Å². The van der Waals surface area contributed by atoms with Crippen molar-refractivity contribution in [3.05, 3.63) is 21.6 Å². The van der Waals surface area contributed by atoms with Crippen molar-refractivity contribution in [1.82, 2.24) is 10.2 Å². The zero-order valence-corrected chi connectivity index (χ0v) is 7.52. The first-order valence-corrected chi connectivity index (χ1v) is 4.09. The van der Waals surface area contributed by atoms with Crippen molar-refractivity contribution < 1.29 is 4.74 Å². The number of nitrogens with zero attached hydrogens (tertiary/aromatic N) is 1. The molecule has 4 nitrogen and oxygen atoms in total. The molecule has 1 N–H and O–H groups in total. The molecule has 1 rings (SSSR count). The Labute approximate surface area is 78.5 Å². The number of hydrogen-bond donors (Lipinski definition) is 1. The van der Waals surface area contributed by atoms with Crippen molar-refractivity contribution in [2.24, 2.45) is 0 Å². The van der Waals surface area contributed by atoms with Crippen LogP contribution in [0.1, 0.15) is 0 Å². The van der Waals surface area contributed by atoms with Gasteiger partial charge in [-0.25, -0.2) is 5.10 Å². The number of hydrogen-bond acceptors (Lipinski definition) is 3. The molecule has 0 amide bonds. The minimum Gasteiger partial charge on any atom is -0.489 e. The van der Waals surface area contributed by atoms with Crippen LogP contribution in [0.3, 0.4) is 0 Å². The minimum atomic E-state index is -0.469. The summed E-state index contributed by atoms with van der Waals surface area (Å²) in [5, 5.41) is 5.67. The Morgan fingerprint density at radius 1 is 1.67 bits per heavy atom. The SMILES string of the molecule is O=c1[nH]ncc(OCCCl)c1Cl. The van der Waals surface area contributed by atoms with E-state index in [1.165, 1.54) is 6.20 Å². The van der Waals surface area contributed by atoms with Crippen LogP contribution >= 0.6 is 23.2 Å². The van der Waals surface area contributed by atoms with E-state index in [4.69, 9.17) is 27.9 Å². The first-order valence-electron chi connectivity index (χ1n) is 3.17. The van der Waals surface area contributed by atoms with Gasteiger partial charge in [-0.3, -0.25) is 4.79 Å². The predicted molar refractivity (Wildman–Crippen MR) is 46.1 cm³/mol. The van der Waals surface area contributed by atoms with Crippen molar-refractivity contribution >= 4 is 23.2 Å². The normalized spacial score (nSPS) is 9.83. The van der Waals surface area contributed by atoms with Gasteiger partial charge in [0.1, 0.15) is 6.61 Å². The summed E-state index contributed by atoms with van der Waals surface area (Å²) in [4.78, 5) is 10.8. The van der Waals surface area contributed by atoms with E-state index in [2.05, 4.69) is 10.2 Å². The Hall–Kier alpha value is -0.740. The van der Waals surface area contributed by atoms with E-state index in [0.29, 0.717) is 12.5 Å². The fraction of sp³-hybridized carbons (Fsp3) is 0.333. The van der Waals surface area contributed by atoms with Gasteiger partial charge < -0.3 is 4.74 Å².